The first-order valence-corrected chi connectivity index (χ1v) is 9.06. The maximum absolute atomic E-state index is 12.0. The van der Waals surface area contributed by atoms with Gasteiger partial charge < -0.3 is 5.32 Å². The number of hydrogen-bond acceptors (Lipinski definition) is 4. The summed E-state index contributed by atoms with van der Waals surface area (Å²) in [7, 11) is 0. The molecule has 3 aromatic rings. The normalized spacial score (nSPS) is 19.7. The Hall–Kier alpha value is -2.70. The standard InChI is InChI=1S/C19H24N6O/c1-12(2)24-11-18(21-23-24)19(20-14(4)26)8-7-16-15(9-19)17-6-5-13(3)10-25(17)22-16/h5-6,10-12H,7-9H2,1-4H3,(H,20,26). The van der Waals surface area contributed by atoms with Crippen LogP contribution in [0.5, 0.6) is 0 Å². The average Bonchev–Trinajstić information content (AvgIpc) is 3.18. The summed E-state index contributed by atoms with van der Waals surface area (Å²) < 4.78 is 3.79. The lowest BCUT2D eigenvalue weighted by Crippen LogP contribution is -2.49. The molecule has 0 spiro atoms. The number of nitrogens with one attached hydrogen (secondary N) is 1. The molecule has 1 N–H and O–H groups in total. The number of hydrogen-bond donors (Lipinski definition) is 1. The van der Waals surface area contributed by atoms with Crippen molar-refractivity contribution in [2.75, 3.05) is 0 Å². The van der Waals surface area contributed by atoms with E-state index in [4.69, 9.17) is 5.10 Å². The van der Waals surface area contributed by atoms with Crippen molar-refractivity contribution in [1.82, 2.24) is 29.9 Å². The summed E-state index contributed by atoms with van der Waals surface area (Å²) in [6, 6.07) is 4.43. The average molecular weight is 352 g/mol. The zero-order chi connectivity index (χ0) is 18.5. The van der Waals surface area contributed by atoms with Crippen LogP contribution in [0.2, 0.25) is 0 Å². The Labute approximate surface area is 152 Å². The quantitative estimate of drug-likeness (QED) is 0.785. The van der Waals surface area contributed by atoms with Crippen LogP contribution in [0.4, 0.5) is 0 Å². The highest BCUT2D eigenvalue weighted by Gasteiger charge is 2.41. The lowest BCUT2D eigenvalue weighted by atomic mass is 9.78. The molecule has 1 aliphatic rings. The van der Waals surface area contributed by atoms with Gasteiger partial charge in [-0.1, -0.05) is 11.3 Å². The molecule has 7 nitrogen and oxygen atoms in total. The lowest BCUT2D eigenvalue weighted by molar-refractivity contribution is -0.121. The Morgan fingerprint density at radius 1 is 1.31 bits per heavy atom. The Morgan fingerprint density at radius 2 is 2.12 bits per heavy atom. The third-order valence-corrected chi connectivity index (χ3v) is 5.17. The van der Waals surface area contributed by atoms with Gasteiger partial charge >= 0.3 is 0 Å². The van der Waals surface area contributed by atoms with Gasteiger partial charge in [0, 0.05) is 31.1 Å². The van der Waals surface area contributed by atoms with E-state index in [0.717, 1.165) is 29.7 Å². The molecule has 1 atom stereocenters. The molecule has 0 radical (unpaired) electrons. The Balaban J connectivity index is 1.81. The SMILES string of the molecule is CC(=O)NC1(c2cn(C(C)C)nn2)CCc2nn3cc(C)ccc3c2C1. The molecule has 0 fully saturated rings. The number of carbonyl (C=O) groups excluding carboxylic acids is 1. The van der Waals surface area contributed by atoms with Gasteiger partial charge in [-0.2, -0.15) is 5.10 Å². The third kappa shape index (κ3) is 2.67. The smallest absolute Gasteiger partial charge is 0.217 e. The summed E-state index contributed by atoms with van der Waals surface area (Å²) in [4.78, 5) is 12.0. The van der Waals surface area contributed by atoms with E-state index in [1.807, 2.05) is 21.6 Å². The van der Waals surface area contributed by atoms with Gasteiger partial charge in [-0.25, -0.2) is 9.20 Å². The molecule has 136 valence electrons. The summed E-state index contributed by atoms with van der Waals surface area (Å²) in [6.45, 7) is 7.75. The van der Waals surface area contributed by atoms with E-state index in [0.29, 0.717) is 6.42 Å². The van der Waals surface area contributed by atoms with Crippen LogP contribution >= 0.6 is 0 Å². The van der Waals surface area contributed by atoms with Crippen LogP contribution in [-0.4, -0.2) is 30.5 Å². The van der Waals surface area contributed by atoms with Crippen molar-refractivity contribution >= 4 is 11.4 Å². The van der Waals surface area contributed by atoms with Crippen LogP contribution in [0.15, 0.2) is 24.5 Å². The molecular weight excluding hydrogens is 328 g/mol. The number of rotatable bonds is 3. The maximum Gasteiger partial charge on any atom is 0.217 e. The van der Waals surface area contributed by atoms with Crippen molar-refractivity contribution in [2.45, 2.75) is 58.5 Å². The number of amides is 1. The zero-order valence-corrected chi connectivity index (χ0v) is 15.7. The van der Waals surface area contributed by atoms with Crippen LogP contribution in [0.1, 0.15) is 55.7 Å². The van der Waals surface area contributed by atoms with Gasteiger partial charge in [0.1, 0.15) is 5.69 Å². The van der Waals surface area contributed by atoms with Crippen molar-refractivity contribution < 1.29 is 4.79 Å². The Morgan fingerprint density at radius 3 is 2.81 bits per heavy atom. The van der Waals surface area contributed by atoms with Crippen molar-refractivity contribution in [2.24, 2.45) is 0 Å². The largest absolute Gasteiger partial charge is 0.345 e. The predicted octanol–water partition coefficient (Wildman–Crippen LogP) is 2.34. The van der Waals surface area contributed by atoms with E-state index in [-0.39, 0.29) is 11.9 Å². The van der Waals surface area contributed by atoms with Gasteiger partial charge in [0.2, 0.25) is 5.91 Å². The summed E-state index contributed by atoms with van der Waals surface area (Å²) in [6.07, 6.45) is 6.24. The highest BCUT2D eigenvalue weighted by molar-refractivity contribution is 5.74. The zero-order valence-electron chi connectivity index (χ0n) is 15.7. The van der Waals surface area contributed by atoms with Gasteiger partial charge in [0.05, 0.1) is 22.9 Å². The second-order valence-electron chi connectivity index (χ2n) is 7.58. The maximum atomic E-state index is 12.0. The van der Waals surface area contributed by atoms with Crippen LogP contribution in [0.3, 0.4) is 0 Å². The van der Waals surface area contributed by atoms with Crippen LogP contribution < -0.4 is 5.32 Å². The number of aryl methyl sites for hydroxylation is 2. The van der Waals surface area contributed by atoms with E-state index in [1.165, 1.54) is 11.1 Å². The van der Waals surface area contributed by atoms with Crippen molar-refractivity contribution in [3.63, 3.8) is 0 Å². The molecule has 4 rings (SSSR count). The topological polar surface area (TPSA) is 77.1 Å². The summed E-state index contributed by atoms with van der Waals surface area (Å²) in [5.41, 5.74) is 4.83. The molecule has 0 saturated carbocycles. The van der Waals surface area contributed by atoms with Gasteiger partial charge in [0.25, 0.3) is 0 Å². The first-order valence-electron chi connectivity index (χ1n) is 9.06. The molecular formula is C19H24N6O. The first-order chi connectivity index (χ1) is 12.4. The molecule has 0 bridgehead atoms. The molecule has 1 amide bonds. The van der Waals surface area contributed by atoms with Crippen LogP contribution in [-0.2, 0) is 23.2 Å². The minimum absolute atomic E-state index is 0.0557. The fraction of sp³-hybridized carbons (Fsp3) is 0.474. The van der Waals surface area contributed by atoms with Gasteiger partial charge in [-0.3, -0.25) is 4.79 Å². The van der Waals surface area contributed by atoms with Crippen LogP contribution in [0.25, 0.3) is 5.52 Å². The molecule has 1 aliphatic carbocycles. The molecule has 0 saturated heterocycles. The fourth-order valence-corrected chi connectivity index (χ4v) is 3.84. The molecule has 0 aliphatic heterocycles. The molecule has 7 heteroatoms. The molecule has 3 aromatic heterocycles. The first kappa shape index (κ1) is 16.8. The van der Waals surface area contributed by atoms with Gasteiger partial charge in [-0.15, -0.1) is 5.10 Å². The number of carbonyl (C=O) groups is 1. The van der Waals surface area contributed by atoms with E-state index < -0.39 is 5.54 Å². The number of aromatic nitrogens is 5. The molecule has 26 heavy (non-hydrogen) atoms. The highest BCUT2D eigenvalue weighted by Crippen LogP contribution is 2.37. The third-order valence-electron chi connectivity index (χ3n) is 5.17. The van der Waals surface area contributed by atoms with Gasteiger partial charge in [-0.05, 0) is 45.2 Å². The minimum atomic E-state index is -0.541. The number of pyridine rings is 1. The Kier molecular flexibility index (Phi) is 3.82. The van der Waals surface area contributed by atoms with E-state index in [1.54, 1.807) is 6.92 Å². The van der Waals surface area contributed by atoms with Crippen molar-refractivity contribution in [3.05, 3.63) is 47.0 Å². The van der Waals surface area contributed by atoms with Crippen LogP contribution in [0, 0.1) is 6.92 Å². The van der Waals surface area contributed by atoms with Crippen molar-refractivity contribution in [1.29, 1.82) is 0 Å². The highest BCUT2D eigenvalue weighted by atomic mass is 16.1. The second-order valence-corrected chi connectivity index (χ2v) is 7.58. The van der Waals surface area contributed by atoms with E-state index in [9.17, 15) is 4.79 Å². The summed E-state index contributed by atoms with van der Waals surface area (Å²) >= 11 is 0. The summed E-state index contributed by atoms with van der Waals surface area (Å²) in [5, 5.41) is 16.6. The number of nitrogens with zero attached hydrogens (tertiary/aromatic N) is 5. The minimum Gasteiger partial charge on any atom is -0.345 e. The Bertz CT molecular complexity index is 985. The van der Waals surface area contributed by atoms with Gasteiger partial charge in [0.15, 0.2) is 0 Å². The molecule has 1 unspecified atom stereocenters. The molecule has 3 heterocycles. The molecule has 0 aromatic carbocycles. The van der Waals surface area contributed by atoms with E-state index in [2.05, 4.69) is 48.5 Å². The predicted molar refractivity (Wildman–Crippen MR) is 97.9 cm³/mol. The lowest BCUT2D eigenvalue weighted by Gasteiger charge is -2.35. The second kappa shape index (κ2) is 5.93. The number of fused-ring (bicyclic) bond motifs is 3. The van der Waals surface area contributed by atoms with Crippen molar-refractivity contribution in [3.8, 4) is 0 Å². The van der Waals surface area contributed by atoms with E-state index >= 15 is 0 Å². The summed E-state index contributed by atoms with van der Waals surface area (Å²) in [5.74, 6) is -0.0557. The fourth-order valence-electron chi connectivity index (χ4n) is 3.84. The monoisotopic (exact) mass is 352 g/mol.